The highest BCUT2D eigenvalue weighted by Gasteiger charge is 2.25. The maximum absolute atomic E-state index is 11.9. The summed E-state index contributed by atoms with van der Waals surface area (Å²) in [6.45, 7) is 3.67. The Kier molecular flexibility index (Phi) is 4.84. The fraction of sp³-hybridized carbons (Fsp3) is 0.700. The molecular formula is C10H19N3O3S2. The van der Waals surface area contributed by atoms with Crippen LogP contribution in [-0.4, -0.2) is 56.2 Å². The first-order chi connectivity index (χ1) is 8.12. The zero-order valence-electron chi connectivity index (χ0n) is 11.0. The first-order valence-corrected chi connectivity index (χ1v) is 7.71. The van der Waals surface area contributed by atoms with Crippen molar-refractivity contribution in [1.82, 2.24) is 14.6 Å². The van der Waals surface area contributed by atoms with Crippen molar-refractivity contribution in [3.63, 3.8) is 0 Å². The van der Waals surface area contributed by atoms with Gasteiger partial charge in [-0.2, -0.15) is 0 Å². The van der Waals surface area contributed by atoms with Crippen LogP contribution in [0.3, 0.4) is 0 Å². The normalized spacial score (nSPS) is 15.9. The minimum absolute atomic E-state index is 0.0372. The lowest BCUT2D eigenvalue weighted by Gasteiger charge is -2.26. The van der Waals surface area contributed by atoms with Crippen LogP contribution in [-0.2, 0) is 10.0 Å². The summed E-state index contributed by atoms with van der Waals surface area (Å²) in [4.78, 5) is 5.70. The second-order valence-electron chi connectivity index (χ2n) is 4.76. The Morgan fingerprint density at radius 3 is 2.61 bits per heavy atom. The molecule has 18 heavy (non-hydrogen) atoms. The fourth-order valence-corrected chi connectivity index (χ4v) is 3.84. The Morgan fingerprint density at radius 2 is 2.17 bits per heavy atom. The van der Waals surface area contributed by atoms with Crippen LogP contribution in [0.4, 0.5) is 0 Å². The van der Waals surface area contributed by atoms with Crippen molar-refractivity contribution in [2.45, 2.75) is 23.7 Å². The molecule has 0 bridgehead atoms. The fourth-order valence-electron chi connectivity index (χ4n) is 1.52. The Balaban J connectivity index is 2.68. The summed E-state index contributed by atoms with van der Waals surface area (Å²) in [6, 6.07) is 0. The summed E-state index contributed by atoms with van der Waals surface area (Å²) in [6.07, 6.45) is 1.32. The number of aromatic nitrogens is 1. The maximum atomic E-state index is 11.9. The largest absolute Gasteiger partial charge is 0.387 e. The van der Waals surface area contributed by atoms with Crippen LogP contribution in [0.15, 0.2) is 10.4 Å². The average Bonchev–Trinajstić information content (AvgIpc) is 2.61. The molecule has 0 aromatic carbocycles. The molecule has 0 saturated heterocycles. The van der Waals surface area contributed by atoms with Gasteiger partial charge in [0, 0.05) is 13.1 Å². The molecule has 8 heteroatoms. The predicted molar refractivity (Wildman–Crippen MR) is 71.2 cm³/mol. The molecule has 0 spiro atoms. The SMILES string of the molecule is Cc1ncc(S(=O)(=O)NCC(C)(O)CN(C)C)s1. The molecule has 104 valence electrons. The lowest BCUT2D eigenvalue weighted by atomic mass is 10.1. The molecule has 1 unspecified atom stereocenters. The smallest absolute Gasteiger partial charge is 0.251 e. The Morgan fingerprint density at radius 1 is 1.56 bits per heavy atom. The molecule has 0 aliphatic heterocycles. The number of nitrogens with one attached hydrogen (secondary N) is 1. The van der Waals surface area contributed by atoms with E-state index in [9.17, 15) is 13.5 Å². The average molecular weight is 293 g/mol. The summed E-state index contributed by atoms with van der Waals surface area (Å²) in [5.41, 5.74) is -1.11. The first-order valence-electron chi connectivity index (χ1n) is 5.42. The molecule has 0 aliphatic carbocycles. The van der Waals surface area contributed by atoms with Crippen molar-refractivity contribution >= 4 is 21.4 Å². The molecule has 0 aliphatic rings. The number of rotatable bonds is 6. The highest BCUT2D eigenvalue weighted by atomic mass is 32.2. The summed E-state index contributed by atoms with van der Waals surface area (Å²) in [5, 5.41) is 10.7. The van der Waals surface area contributed by atoms with Gasteiger partial charge in [-0.3, -0.25) is 0 Å². The second kappa shape index (κ2) is 5.62. The van der Waals surface area contributed by atoms with Gasteiger partial charge in [-0.05, 0) is 27.9 Å². The van der Waals surface area contributed by atoms with Gasteiger partial charge in [-0.15, -0.1) is 11.3 Å². The van der Waals surface area contributed by atoms with Gasteiger partial charge in [0.1, 0.15) is 0 Å². The van der Waals surface area contributed by atoms with Crippen LogP contribution >= 0.6 is 11.3 Å². The van der Waals surface area contributed by atoms with Gasteiger partial charge < -0.3 is 10.0 Å². The predicted octanol–water partition coefficient (Wildman–Crippen LogP) is 0.0424. The molecule has 1 heterocycles. The number of aryl methyl sites for hydroxylation is 1. The van der Waals surface area contributed by atoms with Crippen LogP contribution in [0.5, 0.6) is 0 Å². The van der Waals surface area contributed by atoms with E-state index in [-0.39, 0.29) is 10.8 Å². The molecule has 2 N–H and O–H groups in total. The van der Waals surface area contributed by atoms with E-state index in [4.69, 9.17) is 0 Å². The molecule has 0 fully saturated rings. The Hall–Kier alpha value is -0.540. The summed E-state index contributed by atoms with van der Waals surface area (Å²) in [5.74, 6) is 0. The molecule has 1 aromatic rings. The van der Waals surface area contributed by atoms with E-state index in [1.165, 1.54) is 6.20 Å². The molecule has 0 saturated carbocycles. The number of thiazole rings is 1. The van der Waals surface area contributed by atoms with Crippen molar-refractivity contribution in [2.24, 2.45) is 0 Å². The first kappa shape index (κ1) is 15.5. The van der Waals surface area contributed by atoms with Crippen molar-refractivity contribution in [2.75, 3.05) is 27.2 Å². The second-order valence-corrected chi connectivity index (χ2v) is 7.99. The minimum atomic E-state index is -3.58. The van der Waals surface area contributed by atoms with E-state index in [1.54, 1.807) is 18.7 Å². The number of nitrogens with zero attached hydrogens (tertiary/aromatic N) is 2. The van der Waals surface area contributed by atoms with Gasteiger partial charge in [0.25, 0.3) is 10.0 Å². The van der Waals surface area contributed by atoms with Gasteiger partial charge in [0.05, 0.1) is 16.8 Å². The number of sulfonamides is 1. The van der Waals surface area contributed by atoms with E-state index < -0.39 is 15.6 Å². The van der Waals surface area contributed by atoms with Crippen molar-refractivity contribution in [3.8, 4) is 0 Å². The van der Waals surface area contributed by atoms with E-state index in [0.29, 0.717) is 11.6 Å². The highest BCUT2D eigenvalue weighted by molar-refractivity contribution is 7.91. The lowest BCUT2D eigenvalue weighted by Crippen LogP contribution is -2.46. The van der Waals surface area contributed by atoms with Crippen LogP contribution in [0.25, 0.3) is 0 Å². The van der Waals surface area contributed by atoms with Crippen LogP contribution < -0.4 is 4.72 Å². The number of aliphatic hydroxyl groups is 1. The maximum Gasteiger partial charge on any atom is 0.251 e. The van der Waals surface area contributed by atoms with E-state index in [2.05, 4.69) is 9.71 Å². The number of likely N-dealkylation sites (N-methyl/N-ethyl adjacent to an activating group) is 1. The molecule has 1 atom stereocenters. The van der Waals surface area contributed by atoms with Gasteiger partial charge in [0.2, 0.25) is 0 Å². The molecular weight excluding hydrogens is 274 g/mol. The Bertz CT molecular complexity index is 494. The molecule has 0 amide bonds. The van der Waals surface area contributed by atoms with Crippen LogP contribution in [0.2, 0.25) is 0 Å². The third-order valence-corrected chi connectivity index (χ3v) is 4.94. The summed E-state index contributed by atoms with van der Waals surface area (Å²) < 4.78 is 26.4. The zero-order chi connectivity index (χ0) is 14.0. The number of hydrogen-bond donors (Lipinski definition) is 2. The van der Waals surface area contributed by atoms with Crippen molar-refractivity contribution in [3.05, 3.63) is 11.2 Å². The third kappa shape index (κ3) is 4.62. The van der Waals surface area contributed by atoms with Gasteiger partial charge in [-0.1, -0.05) is 0 Å². The number of hydrogen-bond acceptors (Lipinski definition) is 6. The van der Waals surface area contributed by atoms with Crippen molar-refractivity contribution in [1.29, 1.82) is 0 Å². The van der Waals surface area contributed by atoms with E-state index >= 15 is 0 Å². The monoisotopic (exact) mass is 293 g/mol. The van der Waals surface area contributed by atoms with Gasteiger partial charge in [-0.25, -0.2) is 18.1 Å². The lowest BCUT2D eigenvalue weighted by molar-refractivity contribution is 0.0386. The van der Waals surface area contributed by atoms with Gasteiger partial charge in [0.15, 0.2) is 4.21 Å². The molecule has 6 nitrogen and oxygen atoms in total. The van der Waals surface area contributed by atoms with Crippen molar-refractivity contribution < 1.29 is 13.5 Å². The standard InChI is InChI=1S/C10H19N3O3S2/c1-8-11-5-9(17-8)18(15,16)12-6-10(2,14)7-13(3)4/h5,12,14H,6-7H2,1-4H3. The van der Waals surface area contributed by atoms with E-state index in [0.717, 1.165) is 11.3 Å². The Labute approximate surface area is 112 Å². The summed E-state index contributed by atoms with van der Waals surface area (Å²) in [7, 11) is 0.0491. The molecule has 1 rings (SSSR count). The van der Waals surface area contributed by atoms with Crippen LogP contribution in [0.1, 0.15) is 11.9 Å². The van der Waals surface area contributed by atoms with E-state index in [1.807, 2.05) is 14.1 Å². The van der Waals surface area contributed by atoms with Gasteiger partial charge >= 0.3 is 0 Å². The quantitative estimate of drug-likeness (QED) is 0.774. The summed E-state index contributed by atoms with van der Waals surface area (Å²) >= 11 is 1.11. The highest BCUT2D eigenvalue weighted by Crippen LogP contribution is 2.17. The third-order valence-electron chi connectivity index (χ3n) is 2.16. The molecule has 1 aromatic heterocycles. The topological polar surface area (TPSA) is 82.5 Å². The van der Waals surface area contributed by atoms with Crippen LogP contribution in [0, 0.1) is 6.92 Å². The zero-order valence-corrected chi connectivity index (χ0v) is 12.6. The minimum Gasteiger partial charge on any atom is -0.387 e. The molecule has 0 radical (unpaired) electrons.